The van der Waals surface area contributed by atoms with Gasteiger partial charge in [-0.25, -0.2) is 4.98 Å². The number of fused-ring (bicyclic) bond motifs is 1. The third-order valence-corrected chi connectivity index (χ3v) is 4.25. The molecule has 0 saturated carbocycles. The molecule has 0 aliphatic carbocycles. The Labute approximate surface area is 105 Å². The Morgan fingerprint density at radius 3 is 2.81 bits per heavy atom. The first-order valence-corrected chi connectivity index (χ1v) is 6.52. The second kappa shape index (κ2) is 4.35. The Bertz CT molecular complexity index is 454. The highest BCUT2D eigenvalue weighted by molar-refractivity contribution is 7.81. The van der Waals surface area contributed by atoms with E-state index >= 15 is 0 Å². The Morgan fingerprint density at radius 1 is 1.50 bits per heavy atom. The molecule has 0 fully saturated rings. The van der Waals surface area contributed by atoms with E-state index in [1.165, 1.54) is 4.70 Å². The molecule has 0 saturated heterocycles. The molecule has 2 unspecified atom stereocenters. The van der Waals surface area contributed by atoms with Crippen molar-refractivity contribution in [2.75, 3.05) is 0 Å². The third kappa shape index (κ3) is 2.56. The minimum absolute atomic E-state index is 0.0800. The fraction of sp³-hybridized carbons (Fsp3) is 0.417. The van der Waals surface area contributed by atoms with E-state index in [0.29, 0.717) is 0 Å². The van der Waals surface area contributed by atoms with Crippen LogP contribution in [-0.4, -0.2) is 15.0 Å². The zero-order chi connectivity index (χ0) is 11.8. The summed E-state index contributed by atoms with van der Waals surface area (Å²) in [7, 11) is 0. The first-order chi connectivity index (χ1) is 7.47. The van der Waals surface area contributed by atoms with Crippen molar-refractivity contribution in [3.05, 3.63) is 29.3 Å². The maximum atomic E-state index is 9.76. The average Bonchev–Trinajstić information content (AvgIpc) is 2.58. The van der Waals surface area contributed by atoms with E-state index in [1.807, 2.05) is 25.1 Å². The number of hydrogen-bond donors (Lipinski definition) is 2. The van der Waals surface area contributed by atoms with E-state index in [4.69, 9.17) is 0 Å². The van der Waals surface area contributed by atoms with Crippen molar-refractivity contribution in [3.63, 3.8) is 0 Å². The fourth-order valence-electron chi connectivity index (χ4n) is 1.46. The van der Waals surface area contributed by atoms with Crippen LogP contribution in [0.4, 0.5) is 0 Å². The Balaban J connectivity index is 2.22. The Morgan fingerprint density at radius 2 is 2.19 bits per heavy atom. The number of thiazole rings is 1. The van der Waals surface area contributed by atoms with Crippen molar-refractivity contribution in [2.45, 2.75) is 25.2 Å². The molecule has 1 heterocycles. The second-order valence-electron chi connectivity index (χ2n) is 4.27. The lowest BCUT2D eigenvalue weighted by molar-refractivity contribution is 0.101. The minimum Gasteiger partial charge on any atom is -0.380 e. The summed E-state index contributed by atoms with van der Waals surface area (Å²) in [6.45, 7) is 3.70. The number of aromatic nitrogens is 1. The monoisotopic (exact) mass is 253 g/mol. The van der Waals surface area contributed by atoms with Gasteiger partial charge in [-0.1, -0.05) is 19.1 Å². The summed E-state index contributed by atoms with van der Waals surface area (Å²) in [5.41, 5.74) is 1.04. The smallest absolute Gasteiger partial charge is 0.107 e. The average molecular weight is 253 g/mol. The van der Waals surface area contributed by atoms with Crippen LogP contribution in [0, 0.1) is 5.92 Å². The first-order valence-electron chi connectivity index (χ1n) is 5.26. The third-order valence-electron chi connectivity index (χ3n) is 2.75. The molecule has 0 aliphatic heterocycles. The molecule has 1 aromatic heterocycles. The van der Waals surface area contributed by atoms with Crippen LogP contribution in [0.5, 0.6) is 0 Å². The molecule has 2 aromatic rings. The molecule has 1 N–H and O–H groups in total. The molecule has 0 amide bonds. The van der Waals surface area contributed by atoms with Crippen molar-refractivity contribution in [1.29, 1.82) is 0 Å². The molecule has 0 radical (unpaired) electrons. The van der Waals surface area contributed by atoms with Crippen LogP contribution in [0.25, 0.3) is 10.2 Å². The van der Waals surface area contributed by atoms with Crippen molar-refractivity contribution >= 4 is 34.2 Å². The largest absolute Gasteiger partial charge is 0.380 e. The van der Waals surface area contributed by atoms with E-state index in [1.54, 1.807) is 18.3 Å². The van der Waals surface area contributed by atoms with Gasteiger partial charge in [-0.3, -0.25) is 0 Å². The second-order valence-corrected chi connectivity index (χ2v) is 6.30. The lowest BCUT2D eigenvalue weighted by atomic mass is 10.0. The summed E-state index contributed by atoms with van der Waals surface area (Å²) in [5, 5.41) is 10.8. The van der Waals surface area contributed by atoms with Gasteiger partial charge in [0.2, 0.25) is 0 Å². The Kier molecular flexibility index (Phi) is 3.24. The highest BCUT2D eigenvalue weighted by Gasteiger charge is 2.24. The predicted octanol–water partition coefficient (Wildman–Crippen LogP) is 3.11. The summed E-state index contributed by atoms with van der Waals surface area (Å²) in [6, 6.07) is 8.09. The summed E-state index contributed by atoms with van der Waals surface area (Å²) >= 11 is 5.86. The summed E-state index contributed by atoms with van der Waals surface area (Å²) in [5.74, 6) is 0.0800. The summed E-state index contributed by atoms with van der Waals surface area (Å²) in [4.78, 5) is 3.59. The van der Waals surface area contributed by atoms with E-state index in [0.717, 1.165) is 16.9 Å². The van der Waals surface area contributed by atoms with E-state index < -0.39 is 4.93 Å². The van der Waals surface area contributed by atoms with Crippen LogP contribution in [-0.2, 0) is 6.42 Å². The molecule has 0 spiro atoms. The summed E-state index contributed by atoms with van der Waals surface area (Å²) in [6.07, 6.45) is 0.760. The molecule has 2 nitrogen and oxygen atoms in total. The number of para-hydroxylation sites is 1. The van der Waals surface area contributed by atoms with E-state index in [9.17, 15) is 5.11 Å². The maximum Gasteiger partial charge on any atom is 0.107 e. The molecule has 0 aliphatic rings. The van der Waals surface area contributed by atoms with Crippen LogP contribution in [0.2, 0.25) is 0 Å². The van der Waals surface area contributed by atoms with Gasteiger partial charge in [0.05, 0.1) is 15.2 Å². The standard InChI is InChI=1S/C12H15NOS2/c1-8(12(2,14)15)7-11-13-9-5-3-4-6-10(9)16-11/h3-6,8,14-15H,7H2,1-2H3. The van der Waals surface area contributed by atoms with Gasteiger partial charge in [0.1, 0.15) is 4.93 Å². The van der Waals surface area contributed by atoms with Gasteiger partial charge in [-0.05, 0) is 19.1 Å². The van der Waals surface area contributed by atoms with Gasteiger partial charge in [-0.15, -0.1) is 24.0 Å². The number of aliphatic hydroxyl groups is 1. The number of benzene rings is 1. The number of nitrogens with zero attached hydrogens (tertiary/aromatic N) is 1. The fourth-order valence-corrected chi connectivity index (χ4v) is 2.65. The van der Waals surface area contributed by atoms with E-state index in [2.05, 4.69) is 23.7 Å². The van der Waals surface area contributed by atoms with Gasteiger partial charge < -0.3 is 5.11 Å². The number of hydrogen-bond acceptors (Lipinski definition) is 4. The maximum absolute atomic E-state index is 9.76. The topological polar surface area (TPSA) is 33.1 Å². The molecule has 16 heavy (non-hydrogen) atoms. The quantitative estimate of drug-likeness (QED) is 0.651. The van der Waals surface area contributed by atoms with Crippen LogP contribution < -0.4 is 0 Å². The first kappa shape index (κ1) is 11.9. The highest BCUT2D eigenvalue weighted by atomic mass is 32.1. The van der Waals surface area contributed by atoms with Gasteiger partial charge in [0.15, 0.2) is 0 Å². The summed E-state index contributed by atoms with van der Waals surface area (Å²) < 4.78 is 1.20. The van der Waals surface area contributed by atoms with Gasteiger partial charge in [0, 0.05) is 12.3 Å². The van der Waals surface area contributed by atoms with Crippen molar-refractivity contribution in [2.24, 2.45) is 5.92 Å². The van der Waals surface area contributed by atoms with Crippen LogP contribution in [0.1, 0.15) is 18.9 Å². The number of rotatable bonds is 3. The van der Waals surface area contributed by atoms with Crippen LogP contribution in [0.3, 0.4) is 0 Å². The Hall–Kier alpha value is -0.580. The van der Waals surface area contributed by atoms with Crippen molar-refractivity contribution in [1.82, 2.24) is 4.98 Å². The molecule has 2 atom stereocenters. The molecule has 1 aromatic carbocycles. The SMILES string of the molecule is CC(Cc1nc2ccccc2s1)C(C)(O)S. The van der Waals surface area contributed by atoms with Gasteiger partial charge >= 0.3 is 0 Å². The zero-order valence-electron chi connectivity index (χ0n) is 9.34. The van der Waals surface area contributed by atoms with Crippen LogP contribution >= 0.6 is 24.0 Å². The van der Waals surface area contributed by atoms with Crippen molar-refractivity contribution < 1.29 is 5.11 Å². The van der Waals surface area contributed by atoms with Crippen molar-refractivity contribution in [3.8, 4) is 0 Å². The normalized spacial score (nSPS) is 17.2. The van der Waals surface area contributed by atoms with Gasteiger partial charge in [0.25, 0.3) is 0 Å². The molecule has 86 valence electrons. The predicted molar refractivity (Wildman–Crippen MR) is 72.1 cm³/mol. The number of thiol groups is 1. The van der Waals surface area contributed by atoms with Gasteiger partial charge in [-0.2, -0.15) is 0 Å². The zero-order valence-corrected chi connectivity index (χ0v) is 11.1. The van der Waals surface area contributed by atoms with E-state index in [-0.39, 0.29) is 5.92 Å². The molecular weight excluding hydrogens is 238 g/mol. The minimum atomic E-state index is -0.947. The lowest BCUT2D eigenvalue weighted by Gasteiger charge is -2.23. The molecule has 2 rings (SSSR count). The molecular formula is C12H15NOS2. The van der Waals surface area contributed by atoms with Crippen LogP contribution in [0.15, 0.2) is 24.3 Å². The highest BCUT2D eigenvalue weighted by Crippen LogP contribution is 2.28. The molecule has 0 bridgehead atoms. The lowest BCUT2D eigenvalue weighted by Crippen LogP contribution is -2.27. The molecule has 4 heteroatoms.